The van der Waals surface area contributed by atoms with Gasteiger partial charge in [-0.05, 0) is 38.0 Å². The zero-order valence-electron chi connectivity index (χ0n) is 14.6. The average molecular weight is 320 g/mol. The van der Waals surface area contributed by atoms with E-state index in [1.165, 1.54) is 32.1 Å². The lowest BCUT2D eigenvalue weighted by atomic mass is 9.96. The Balaban J connectivity index is 1.54. The summed E-state index contributed by atoms with van der Waals surface area (Å²) >= 11 is 0. The van der Waals surface area contributed by atoms with Crippen molar-refractivity contribution in [2.24, 2.45) is 11.8 Å². The molecule has 4 nitrogen and oxygen atoms in total. The number of amides is 2. The van der Waals surface area contributed by atoms with Crippen molar-refractivity contribution >= 4 is 11.8 Å². The van der Waals surface area contributed by atoms with Gasteiger partial charge in [0.1, 0.15) is 0 Å². The van der Waals surface area contributed by atoms with Crippen molar-refractivity contribution in [1.82, 2.24) is 9.80 Å². The lowest BCUT2D eigenvalue weighted by molar-refractivity contribution is -0.135. The first-order valence-corrected chi connectivity index (χ1v) is 9.77. The van der Waals surface area contributed by atoms with Gasteiger partial charge >= 0.3 is 0 Å². The summed E-state index contributed by atoms with van der Waals surface area (Å²) in [6, 6.07) is 0.415. The van der Waals surface area contributed by atoms with Crippen molar-refractivity contribution < 1.29 is 9.59 Å². The lowest BCUT2D eigenvalue weighted by Crippen LogP contribution is -2.39. The molecule has 2 aliphatic heterocycles. The molecular weight excluding hydrogens is 288 g/mol. The summed E-state index contributed by atoms with van der Waals surface area (Å²) in [6.07, 6.45) is 11.3. The third kappa shape index (κ3) is 3.89. The predicted octanol–water partition coefficient (Wildman–Crippen LogP) is 3.21. The maximum atomic E-state index is 12.9. The van der Waals surface area contributed by atoms with Crippen LogP contribution in [0.2, 0.25) is 0 Å². The Morgan fingerprint density at radius 2 is 1.87 bits per heavy atom. The van der Waals surface area contributed by atoms with Crippen LogP contribution in [0.5, 0.6) is 0 Å². The van der Waals surface area contributed by atoms with Crippen LogP contribution >= 0.6 is 0 Å². The van der Waals surface area contributed by atoms with Crippen molar-refractivity contribution in [2.75, 3.05) is 19.6 Å². The molecule has 130 valence electrons. The molecule has 3 fully saturated rings. The lowest BCUT2D eigenvalue weighted by Gasteiger charge is -2.26. The molecule has 4 heteroatoms. The van der Waals surface area contributed by atoms with Gasteiger partial charge in [0.05, 0.1) is 5.92 Å². The molecule has 0 spiro atoms. The first kappa shape index (κ1) is 16.8. The van der Waals surface area contributed by atoms with E-state index in [4.69, 9.17) is 0 Å². The van der Waals surface area contributed by atoms with Crippen LogP contribution in [0.4, 0.5) is 0 Å². The van der Waals surface area contributed by atoms with Crippen LogP contribution in [0.25, 0.3) is 0 Å². The van der Waals surface area contributed by atoms with Gasteiger partial charge in [-0.1, -0.05) is 32.6 Å². The summed E-state index contributed by atoms with van der Waals surface area (Å²) in [5, 5.41) is 0. The van der Waals surface area contributed by atoms with E-state index in [9.17, 15) is 9.59 Å². The average Bonchev–Trinajstić information content (AvgIpc) is 3.13. The molecule has 3 aliphatic rings. The molecule has 0 aromatic carbocycles. The summed E-state index contributed by atoms with van der Waals surface area (Å²) in [7, 11) is 0. The Labute approximate surface area is 140 Å². The van der Waals surface area contributed by atoms with Gasteiger partial charge in [0.2, 0.25) is 11.8 Å². The van der Waals surface area contributed by atoms with E-state index in [0.29, 0.717) is 19.0 Å². The summed E-state index contributed by atoms with van der Waals surface area (Å²) in [4.78, 5) is 29.3. The van der Waals surface area contributed by atoms with E-state index in [1.54, 1.807) is 0 Å². The number of hydrogen-bond acceptors (Lipinski definition) is 2. The fraction of sp³-hybridized carbons (Fsp3) is 0.895. The van der Waals surface area contributed by atoms with E-state index in [1.807, 2.05) is 4.90 Å². The molecule has 0 N–H and O–H groups in total. The second-order valence-corrected chi connectivity index (χ2v) is 7.80. The molecule has 2 saturated heterocycles. The van der Waals surface area contributed by atoms with Gasteiger partial charge in [-0.3, -0.25) is 9.59 Å². The SMILES string of the molecule is CCCC1CCCN(C(=O)C2CC(=O)N(C3CCCC3)C2)CC1. The minimum absolute atomic E-state index is 0.0779. The van der Waals surface area contributed by atoms with Gasteiger partial charge in [0.25, 0.3) is 0 Å². The van der Waals surface area contributed by atoms with Crippen LogP contribution in [0, 0.1) is 11.8 Å². The first-order valence-electron chi connectivity index (χ1n) is 9.77. The van der Waals surface area contributed by atoms with Crippen LogP contribution in [-0.4, -0.2) is 47.3 Å². The number of nitrogens with zero attached hydrogens (tertiary/aromatic N) is 2. The maximum absolute atomic E-state index is 12.9. The topological polar surface area (TPSA) is 40.6 Å². The Morgan fingerprint density at radius 1 is 1.09 bits per heavy atom. The Bertz CT molecular complexity index is 431. The minimum atomic E-state index is -0.0779. The van der Waals surface area contributed by atoms with Crippen molar-refractivity contribution in [1.29, 1.82) is 0 Å². The van der Waals surface area contributed by atoms with Crippen LogP contribution in [0.15, 0.2) is 0 Å². The normalized spacial score (nSPS) is 30.0. The van der Waals surface area contributed by atoms with Crippen molar-refractivity contribution in [3.8, 4) is 0 Å². The Morgan fingerprint density at radius 3 is 2.61 bits per heavy atom. The fourth-order valence-corrected chi connectivity index (χ4v) is 4.81. The number of likely N-dealkylation sites (tertiary alicyclic amines) is 2. The molecule has 23 heavy (non-hydrogen) atoms. The number of carbonyl (C=O) groups excluding carboxylic acids is 2. The van der Waals surface area contributed by atoms with Crippen LogP contribution < -0.4 is 0 Å². The third-order valence-corrected chi connectivity index (χ3v) is 6.13. The smallest absolute Gasteiger partial charge is 0.227 e. The van der Waals surface area contributed by atoms with Crippen molar-refractivity contribution in [3.63, 3.8) is 0 Å². The highest BCUT2D eigenvalue weighted by Crippen LogP contribution is 2.31. The predicted molar refractivity (Wildman–Crippen MR) is 90.9 cm³/mol. The number of hydrogen-bond donors (Lipinski definition) is 0. The van der Waals surface area contributed by atoms with E-state index in [0.717, 1.165) is 44.7 Å². The van der Waals surface area contributed by atoms with E-state index in [2.05, 4.69) is 11.8 Å². The second-order valence-electron chi connectivity index (χ2n) is 7.80. The molecule has 0 radical (unpaired) electrons. The molecule has 0 aromatic rings. The zero-order valence-corrected chi connectivity index (χ0v) is 14.6. The van der Waals surface area contributed by atoms with Gasteiger partial charge in [0.15, 0.2) is 0 Å². The minimum Gasteiger partial charge on any atom is -0.342 e. The summed E-state index contributed by atoms with van der Waals surface area (Å²) in [5.74, 6) is 1.17. The van der Waals surface area contributed by atoms with E-state index in [-0.39, 0.29) is 17.7 Å². The van der Waals surface area contributed by atoms with Gasteiger partial charge < -0.3 is 9.80 Å². The molecule has 0 aromatic heterocycles. The highest BCUT2D eigenvalue weighted by molar-refractivity contribution is 5.89. The van der Waals surface area contributed by atoms with Gasteiger partial charge in [-0.15, -0.1) is 0 Å². The molecule has 2 unspecified atom stereocenters. The van der Waals surface area contributed by atoms with Crippen molar-refractivity contribution in [3.05, 3.63) is 0 Å². The van der Waals surface area contributed by atoms with Gasteiger partial charge in [-0.2, -0.15) is 0 Å². The molecule has 2 heterocycles. The van der Waals surface area contributed by atoms with E-state index >= 15 is 0 Å². The molecule has 1 aliphatic carbocycles. The fourth-order valence-electron chi connectivity index (χ4n) is 4.81. The molecule has 1 saturated carbocycles. The van der Waals surface area contributed by atoms with Crippen LogP contribution in [0.3, 0.4) is 0 Å². The third-order valence-electron chi connectivity index (χ3n) is 6.13. The van der Waals surface area contributed by atoms with E-state index < -0.39 is 0 Å². The molecule has 0 bridgehead atoms. The van der Waals surface area contributed by atoms with Crippen LogP contribution in [-0.2, 0) is 9.59 Å². The highest BCUT2D eigenvalue weighted by Gasteiger charge is 2.40. The molecule has 2 amide bonds. The van der Waals surface area contributed by atoms with Gasteiger partial charge in [-0.25, -0.2) is 0 Å². The Hall–Kier alpha value is -1.06. The summed E-state index contributed by atoms with van der Waals surface area (Å²) in [5.41, 5.74) is 0. The van der Waals surface area contributed by atoms with Crippen molar-refractivity contribution in [2.45, 2.75) is 77.2 Å². The monoisotopic (exact) mass is 320 g/mol. The maximum Gasteiger partial charge on any atom is 0.227 e. The first-order chi connectivity index (χ1) is 11.2. The largest absolute Gasteiger partial charge is 0.342 e. The highest BCUT2D eigenvalue weighted by atomic mass is 16.2. The molecule has 2 atom stereocenters. The van der Waals surface area contributed by atoms with Gasteiger partial charge in [0, 0.05) is 32.1 Å². The number of rotatable bonds is 4. The quantitative estimate of drug-likeness (QED) is 0.798. The summed E-state index contributed by atoms with van der Waals surface area (Å²) < 4.78 is 0. The zero-order chi connectivity index (χ0) is 16.2. The number of carbonyl (C=O) groups is 2. The molecule has 3 rings (SSSR count). The summed E-state index contributed by atoms with van der Waals surface area (Å²) in [6.45, 7) is 4.72. The standard InChI is InChI=1S/C19H32N2O2/c1-2-6-15-7-5-11-20(12-10-15)19(23)16-13-18(22)21(14-16)17-8-3-4-9-17/h15-17H,2-14H2,1H3. The Kier molecular flexibility index (Phi) is 5.60. The second kappa shape index (κ2) is 7.67. The molecular formula is C19H32N2O2. The van der Waals surface area contributed by atoms with Crippen LogP contribution in [0.1, 0.15) is 71.1 Å².